The molecule has 0 aliphatic carbocycles. The maximum atomic E-state index is 9.96. The lowest BCUT2D eigenvalue weighted by Crippen LogP contribution is -2.24. The van der Waals surface area contributed by atoms with Crippen molar-refractivity contribution >= 4 is 11.5 Å². The Labute approximate surface area is 164 Å². The summed E-state index contributed by atoms with van der Waals surface area (Å²) in [5.41, 5.74) is 3.69. The third kappa shape index (κ3) is 4.14. The second kappa shape index (κ2) is 9.09. The zero-order valence-electron chi connectivity index (χ0n) is 16.4. The third-order valence-corrected chi connectivity index (χ3v) is 4.61. The first-order valence-electron chi connectivity index (χ1n) is 9.58. The number of ether oxygens (including phenoxy) is 1. The summed E-state index contributed by atoms with van der Waals surface area (Å²) in [5.74, 6) is 0.630. The molecule has 1 aliphatic heterocycles. The molecule has 3 heterocycles. The van der Waals surface area contributed by atoms with Crippen LogP contribution < -0.4 is 5.32 Å². The van der Waals surface area contributed by atoms with Crippen molar-refractivity contribution in [3.63, 3.8) is 0 Å². The highest BCUT2D eigenvalue weighted by atomic mass is 16.5. The third-order valence-electron chi connectivity index (χ3n) is 4.61. The number of aryl methyl sites for hydroxylation is 1. The van der Waals surface area contributed by atoms with Gasteiger partial charge in [0.05, 0.1) is 24.6 Å². The van der Waals surface area contributed by atoms with Gasteiger partial charge in [-0.15, -0.1) is 0 Å². The normalized spacial score (nSPS) is 21.4. The van der Waals surface area contributed by atoms with Crippen molar-refractivity contribution < 1.29 is 14.9 Å². The van der Waals surface area contributed by atoms with Gasteiger partial charge in [-0.05, 0) is 12.5 Å². The molecule has 0 amide bonds. The molecule has 1 aromatic carbocycles. The SMILES string of the molecule is CC.Cc1cccc(CNc2ncnn3c(C4C[C@H](O)C(CO)O4)cnc23)c1. The van der Waals surface area contributed by atoms with Crippen LogP contribution in [-0.4, -0.2) is 48.6 Å². The maximum absolute atomic E-state index is 9.96. The number of imidazole rings is 1. The number of benzene rings is 1. The maximum Gasteiger partial charge on any atom is 0.197 e. The van der Waals surface area contributed by atoms with Crippen molar-refractivity contribution in [3.05, 3.63) is 53.6 Å². The molecule has 8 heteroatoms. The van der Waals surface area contributed by atoms with Crippen LogP contribution in [0.1, 0.15) is 43.2 Å². The van der Waals surface area contributed by atoms with Crippen molar-refractivity contribution in [3.8, 4) is 0 Å². The first-order valence-corrected chi connectivity index (χ1v) is 9.58. The number of aliphatic hydroxyl groups is 2. The van der Waals surface area contributed by atoms with Crippen LogP contribution in [0.4, 0.5) is 5.82 Å². The largest absolute Gasteiger partial charge is 0.394 e. The monoisotopic (exact) mass is 385 g/mol. The fourth-order valence-corrected chi connectivity index (χ4v) is 3.27. The molecule has 0 bridgehead atoms. The van der Waals surface area contributed by atoms with E-state index in [4.69, 9.17) is 4.74 Å². The number of anilines is 1. The van der Waals surface area contributed by atoms with E-state index < -0.39 is 12.2 Å². The number of nitrogens with one attached hydrogen (secondary N) is 1. The molecule has 4 rings (SSSR count). The lowest BCUT2D eigenvalue weighted by atomic mass is 10.1. The highest BCUT2D eigenvalue weighted by molar-refractivity contribution is 5.62. The van der Waals surface area contributed by atoms with E-state index in [2.05, 4.69) is 45.5 Å². The van der Waals surface area contributed by atoms with Crippen molar-refractivity contribution in [1.82, 2.24) is 19.6 Å². The zero-order valence-corrected chi connectivity index (χ0v) is 16.4. The predicted octanol–water partition coefficient (Wildman–Crippen LogP) is 2.25. The molecule has 8 nitrogen and oxygen atoms in total. The number of hydrogen-bond donors (Lipinski definition) is 3. The van der Waals surface area contributed by atoms with Gasteiger partial charge < -0.3 is 20.3 Å². The van der Waals surface area contributed by atoms with E-state index in [9.17, 15) is 10.2 Å². The Morgan fingerprint density at radius 2 is 2.11 bits per heavy atom. The van der Waals surface area contributed by atoms with Gasteiger partial charge in [-0.25, -0.2) is 14.5 Å². The smallest absolute Gasteiger partial charge is 0.197 e. The van der Waals surface area contributed by atoms with Crippen molar-refractivity contribution in [1.29, 1.82) is 0 Å². The Morgan fingerprint density at radius 1 is 1.29 bits per heavy atom. The van der Waals surface area contributed by atoms with Gasteiger partial charge in [0.2, 0.25) is 0 Å². The van der Waals surface area contributed by atoms with Gasteiger partial charge in [0, 0.05) is 13.0 Å². The average molecular weight is 385 g/mol. The Hall–Kier alpha value is -2.55. The van der Waals surface area contributed by atoms with Gasteiger partial charge in [0.15, 0.2) is 11.5 Å². The Kier molecular flexibility index (Phi) is 6.56. The summed E-state index contributed by atoms with van der Waals surface area (Å²) in [5, 5.41) is 26.8. The molecule has 0 radical (unpaired) electrons. The minimum Gasteiger partial charge on any atom is -0.394 e. The first-order chi connectivity index (χ1) is 13.7. The molecule has 0 spiro atoms. The van der Waals surface area contributed by atoms with Crippen LogP contribution in [0.2, 0.25) is 0 Å². The molecule has 1 saturated heterocycles. The summed E-state index contributed by atoms with van der Waals surface area (Å²) in [4.78, 5) is 8.71. The van der Waals surface area contributed by atoms with Gasteiger partial charge in [-0.2, -0.15) is 5.10 Å². The van der Waals surface area contributed by atoms with Gasteiger partial charge in [0.1, 0.15) is 18.5 Å². The minimum atomic E-state index is -0.698. The van der Waals surface area contributed by atoms with Crippen LogP contribution in [0, 0.1) is 6.92 Å². The highest BCUT2D eigenvalue weighted by Gasteiger charge is 2.36. The quantitative estimate of drug-likeness (QED) is 0.619. The summed E-state index contributed by atoms with van der Waals surface area (Å²) >= 11 is 0. The summed E-state index contributed by atoms with van der Waals surface area (Å²) in [6.07, 6.45) is 1.90. The fraction of sp³-hybridized carbons (Fsp3) is 0.450. The van der Waals surface area contributed by atoms with Crippen LogP contribution in [0.15, 0.2) is 36.8 Å². The molecule has 3 aromatic rings. The van der Waals surface area contributed by atoms with Crippen LogP contribution in [0.25, 0.3) is 5.65 Å². The van der Waals surface area contributed by atoms with Crippen molar-refractivity contribution in [2.45, 2.75) is 52.0 Å². The fourth-order valence-electron chi connectivity index (χ4n) is 3.27. The number of nitrogens with zero attached hydrogens (tertiary/aromatic N) is 4. The Bertz CT molecular complexity index is 914. The molecule has 2 unspecified atom stereocenters. The second-order valence-electron chi connectivity index (χ2n) is 6.52. The van der Waals surface area contributed by atoms with E-state index in [1.165, 1.54) is 11.9 Å². The lowest BCUT2D eigenvalue weighted by molar-refractivity contribution is -0.0240. The predicted molar refractivity (Wildman–Crippen MR) is 106 cm³/mol. The second-order valence-corrected chi connectivity index (χ2v) is 6.52. The van der Waals surface area contributed by atoms with Gasteiger partial charge in [0.25, 0.3) is 0 Å². The molecule has 150 valence electrons. The first kappa shape index (κ1) is 20.2. The van der Waals surface area contributed by atoms with Gasteiger partial charge in [-0.1, -0.05) is 43.7 Å². The Morgan fingerprint density at radius 3 is 2.82 bits per heavy atom. The van der Waals surface area contributed by atoms with Crippen molar-refractivity contribution in [2.75, 3.05) is 11.9 Å². The average Bonchev–Trinajstić information content (AvgIpc) is 3.31. The molecule has 28 heavy (non-hydrogen) atoms. The number of rotatable bonds is 5. The van der Waals surface area contributed by atoms with E-state index in [1.54, 1.807) is 10.7 Å². The van der Waals surface area contributed by atoms with E-state index in [0.717, 1.165) is 11.3 Å². The van der Waals surface area contributed by atoms with Crippen LogP contribution in [0.5, 0.6) is 0 Å². The molecule has 2 aromatic heterocycles. The zero-order chi connectivity index (χ0) is 20.1. The molecule has 0 saturated carbocycles. The van der Waals surface area contributed by atoms with Gasteiger partial charge in [-0.3, -0.25) is 0 Å². The van der Waals surface area contributed by atoms with Crippen LogP contribution in [-0.2, 0) is 11.3 Å². The topological polar surface area (TPSA) is 105 Å². The molecular formula is C20H27N5O3. The molecule has 1 aliphatic rings. The summed E-state index contributed by atoms with van der Waals surface area (Å²) in [6.45, 7) is 6.47. The lowest BCUT2D eigenvalue weighted by Gasteiger charge is -2.12. The molecular weight excluding hydrogens is 358 g/mol. The summed E-state index contributed by atoms with van der Waals surface area (Å²) < 4.78 is 7.39. The van der Waals surface area contributed by atoms with E-state index >= 15 is 0 Å². The van der Waals surface area contributed by atoms with Gasteiger partial charge >= 0.3 is 0 Å². The van der Waals surface area contributed by atoms with Crippen LogP contribution in [0.3, 0.4) is 0 Å². The van der Waals surface area contributed by atoms with E-state index in [1.807, 2.05) is 19.9 Å². The molecule has 3 N–H and O–H groups in total. The summed E-state index contributed by atoms with van der Waals surface area (Å²) in [6, 6.07) is 8.25. The molecule has 1 fully saturated rings. The Balaban J connectivity index is 0.00000109. The minimum absolute atomic E-state index is 0.216. The number of fused-ring (bicyclic) bond motifs is 1. The number of aromatic nitrogens is 4. The number of aliphatic hydroxyl groups excluding tert-OH is 2. The standard InChI is InChI=1S/C18H21N5O3.C2H6/c1-11-3-2-4-12(5-11)7-19-17-18-20-8-13(23(18)22-10-21-17)15-6-14(25)16(9-24)26-15;1-2/h2-5,8,10,14-16,24-25H,6-7,9H2,1H3,(H,19,21,22);1-2H3/t14-,15?,16?;/m0./s1. The summed E-state index contributed by atoms with van der Waals surface area (Å²) in [7, 11) is 0. The number of hydrogen-bond acceptors (Lipinski definition) is 7. The highest BCUT2D eigenvalue weighted by Crippen LogP contribution is 2.33. The van der Waals surface area contributed by atoms with E-state index in [0.29, 0.717) is 24.4 Å². The van der Waals surface area contributed by atoms with E-state index in [-0.39, 0.29) is 12.7 Å². The molecule has 3 atom stereocenters. The van der Waals surface area contributed by atoms with Crippen molar-refractivity contribution in [2.24, 2.45) is 0 Å². The van der Waals surface area contributed by atoms with Crippen LogP contribution >= 0.6 is 0 Å².